The summed E-state index contributed by atoms with van der Waals surface area (Å²) in [4.78, 5) is 4.28. The summed E-state index contributed by atoms with van der Waals surface area (Å²) in [5.74, 6) is 2.53. The van der Waals surface area contributed by atoms with E-state index in [0.717, 1.165) is 55.4 Å². The Labute approximate surface area is 156 Å². The highest BCUT2D eigenvalue weighted by Gasteiger charge is 2.05. The van der Waals surface area contributed by atoms with Crippen LogP contribution in [0.15, 0.2) is 53.5 Å². The molecule has 0 atom stereocenters. The summed E-state index contributed by atoms with van der Waals surface area (Å²) in [5, 5.41) is 6.71. The first-order valence-electron chi connectivity index (χ1n) is 8.96. The average molecular weight is 355 g/mol. The van der Waals surface area contributed by atoms with Crippen molar-refractivity contribution in [1.29, 1.82) is 0 Å². The number of ether oxygens (including phenoxy) is 2. The van der Waals surface area contributed by atoms with Gasteiger partial charge in [0.2, 0.25) is 0 Å². The minimum Gasteiger partial charge on any atom is -0.497 e. The summed E-state index contributed by atoms with van der Waals surface area (Å²) >= 11 is 0. The van der Waals surface area contributed by atoms with Gasteiger partial charge in [-0.15, -0.1) is 0 Å². The normalized spacial score (nSPS) is 11.1. The van der Waals surface area contributed by atoms with Crippen LogP contribution in [0.1, 0.15) is 17.5 Å². The van der Waals surface area contributed by atoms with Crippen molar-refractivity contribution in [2.75, 3.05) is 34.4 Å². The van der Waals surface area contributed by atoms with E-state index in [1.807, 2.05) is 24.3 Å². The lowest BCUT2D eigenvalue weighted by Gasteiger charge is -2.14. The largest absolute Gasteiger partial charge is 0.497 e. The predicted molar refractivity (Wildman–Crippen MR) is 107 cm³/mol. The maximum atomic E-state index is 5.42. The van der Waals surface area contributed by atoms with E-state index < -0.39 is 0 Å². The molecule has 2 N–H and O–H groups in total. The molecule has 0 aliphatic carbocycles. The summed E-state index contributed by atoms with van der Waals surface area (Å²) in [6, 6.07) is 16.4. The fourth-order valence-electron chi connectivity index (χ4n) is 2.76. The third-order valence-electron chi connectivity index (χ3n) is 4.18. The number of hydrogen-bond donors (Lipinski definition) is 2. The van der Waals surface area contributed by atoms with Crippen LogP contribution in [0.5, 0.6) is 11.5 Å². The van der Waals surface area contributed by atoms with Crippen LogP contribution in [0.3, 0.4) is 0 Å². The summed E-state index contributed by atoms with van der Waals surface area (Å²) < 4.78 is 10.7. The zero-order valence-corrected chi connectivity index (χ0v) is 15.9. The van der Waals surface area contributed by atoms with Crippen LogP contribution in [0.2, 0.25) is 0 Å². The van der Waals surface area contributed by atoms with Crippen LogP contribution in [0.25, 0.3) is 0 Å². The van der Waals surface area contributed by atoms with Crippen LogP contribution in [-0.2, 0) is 12.8 Å². The Morgan fingerprint density at radius 2 is 1.69 bits per heavy atom. The van der Waals surface area contributed by atoms with Gasteiger partial charge in [0.05, 0.1) is 14.2 Å². The quantitative estimate of drug-likeness (QED) is 0.412. The van der Waals surface area contributed by atoms with Crippen LogP contribution < -0.4 is 20.1 Å². The third kappa shape index (κ3) is 6.31. The van der Waals surface area contributed by atoms with Crippen LogP contribution >= 0.6 is 0 Å². The summed E-state index contributed by atoms with van der Waals surface area (Å²) in [6.45, 7) is 1.65. The minimum atomic E-state index is 0.766. The molecule has 0 saturated heterocycles. The number of nitrogens with zero attached hydrogens (tertiary/aromatic N) is 1. The van der Waals surface area contributed by atoms with Crippen molar-refractivity contribution in [3.63, 3.8) is 0 Å². The summed E-state index contributed by atoms with van der Waals surface area (Å²) in [7, 11) is 5.15. The van der Waals surface area contributed by atoms with Gasteiger partial charge in [-0.3, -0.25) is 4.99 Å². The number of rotatable bonds is 9. The second-order valence-electron chi connectivity index (χ2n) is 5.94. The van der Waals surface area contributed by atoms with E-state index in [1.165, 1.54) is 5.56 Å². The van der Waals surface area contributed by atoms with Crippen molar-refractivity contribution in [3.8, 4) is 11.5 Å². The van der Waals surface area contributed by atoms with E-state index in [4.69, 9.17) is 9.47 Å². The summed E-state index contributed by atoms with van der Waals surface area (Å²) in [6.07, 6.45) is 2.95. The van der Waals surface area contributed by atoms with Gasteiger partial charge in [-0.25, -0.2) is 0 Å². The molecule has 0 fully saturated rings. The molecule has 2 aromatic carbocycles. The Morgan fingerprint density at radius 1 is 0.923 bits per heavy atom. The molecule has 2 aromatic rings. The Morgan fingerprint density at radius 3 is 2.38 bits per heavy atom. The average Bonchev–Trinajstić information content (AvgIpc) is 2.70. The molecule has 0 aliphatic heterocycles. The SMILES string of the molecule is CN=C(NCCCc1ccccc1)NCCc1cc(OC)ccc1OC. The second-order valence-corrected chi connectivity index (χ2v) is 5.94. The maximum Gasteiger partial charge on any atom is 0.190 e. The number of aryl methyl sites for hydroxylation is 1. The first-order chi connectivity index (χ1) is 12.8. The van der Waals surface area contributed by atoms with Gasteiger partial charge in [0.1, 0.15) is 11.5 Å². The number of nitrogens with one attached hydrogen (secondary N) is 2. The van der Waals surface area contributed by atoms with Gasteiger partial charge in [0.25, 0.3) is 0 Å². The van der Waals surface area contributed by atoms with Crippen molar-refractivity contribution in [3.05, 3.63) is 59.7 Å². The molecule has 0 spiro atoms. The first-order valence-corrected chi connectivity index (χ1v) is 8.96. The highest BCUT2D eigenvalue weighted by molar-refractivity contribution is 5.79. The van der Waals surface area contributed by atoms with E-state index in [9.17, 15) is 0 Å². The van der Waals surface area contributed by atoms with Crippen molar-refractivity contribution >= 4 is 5.96 Å². The minimum absolute atomic E-state index is 0.766. The molecule has 0 unspecified atom stereocenters. The highest BCUT2D eigenvalue weighted by Crippen LogP contribution is 2.24. The monoisotopic (exact) mass is 355 g/mol. The van der Waals surface area contributed by atoms with E-state index in [0.29, 0.717) is 0 Å². The van der Waals surface area contributed by atoms with Crippen LogP contribution in [0.4, 0.5) is 0 Å². The smallest absolute Gasteiger partial charge is 0.190 e. The van der Waals surface area contributed by atoms with E-state index in [2.05, 4.69) is 39.9 Å². The maximum absolute atomic E-state index is 5.42. The van der Waals surface area contributed by atoms with Gasteiger partial charge in [0, 0.05) is 20.1 Å². The molecule has 0 radical (unpaired) electrons. The highest BCUT2D eigenvalue weighted by atomic mass is 16.5. The van der Waals surface area contributed by atoms with Crippen LogP contribution in [0, 0.1) is 0 Å². The molecule has 140 valence electrons. The Kier molecular flexibility index (Phi) is 8.33. The van der Waals surface area contributed by atoms with Gasteiger partial charge in [-0.1, -0.05) is 30.3 Å². The Bertz CT molecular complexity index is 687. The molecule has 0 heterocycles. The van der Waals surface area contributed by atoms with Crippen molar-refractivity contribution in [2.24, 2.45) is 4.99 Å². The van der Waals surface area contributed by atoms with Gasteiger partial charge in [0.15, 0.2) is 5.96 Å². The lowest BCUT2D eigenvalue weighted by Crippen LogP contribution is -2.38. The number of methoxy groups -OCH3 is 2. The van der Waals surface area contributed by atoms with Crippen molar-refractivity contribution in [1.82, 2.24) is 10.6 Å². The molecule has 5 nitrogen and oxygen atoms in total. The molecule has 0 aromatic heterocycles. The summed E-state index contributed by atoms with van der Waals surface area (Å²) in [5.41, 5.74) is 2.47. The Balaban J connectivity index is 1.73. The molecule has 0 amide bonds. The molecule has 0 saturated carbocycles. The molecule has 26 heavy (non-hydrogen) atoms. The van der Waals surface area contributed by atoms with Crippen LogP contribution in [-0.4, -0.2) is 40.3 Å². The van der Waals surface area contributed by atoms with E-state index in [1.54, 1.807) is 21.3 Å². The second kappa shape index (κ2) is 11.0. The molecule has 0 bridgehead atoms. The fraction of sp³-hybridized carbons (Fsp3) is 0.381. The van der Waals surface area contributed by atoms with Crippen molar-refractivity contribution in [2.45, 2.75) is 19.3 Å². The molecule has 5 heteroatoms. The number of aliphatic imine (C=N–C) groups is 1. The predicted octanol–water partition coefficient (Wildman–Crippen LogP) is 3.04. The number of benzene rings is 2. The van der Waals surface area contributed by atoms with Gasteiger partial charge < -0.3 is 20.1 Å². The lowest BCUT2D eigenvalue weighted by atomic mass is 10.1. The Hall–Kier alpha value is -2.69. The van der Waals surface area contributed by atoms with Gasteiger partial charge in [-0.05, 0) is 48.6 Å². The van der Waals surface area contributed by atoms with Crippen molar-refractivity contribution < 1.29 is 9.47 Å². The zero-order chi connectivity index (χ0) is 18.6. The molecule has 0 aliphatic rings. The van der Waals surface area contributed by atoms with Gasteiger partial charge in [-0.2, -0.15) is 0 Å². The fourth-order valence-corrected chi connectivity index (χ4v) is 2.76. The van der Waals surface area contributed by atoms with E-state index in [-0.39, 0.29) is 0 Å². The first kappa shape index (κ1) is 19.6. The molecule has 2 rings (SSSR count). The zero-order valence-electron chi connectivity index (χ0n) is 15.9. The standard InChI is InChI=1S/C21H29N3O2/c1-22-21(23-14-7-10-17-8-5-4-6-9-17)24-15-13-18-16-19(25-2)11-12-20(18)26-3/h4-6,8-9,11-12,16H,7,10,13-15H2,1-3H3,(H2,22,23,24). The molecular weight excluding hydrogens is 326 g/mol. The third-order valence-corrected chi connectivity index (χ3v) is 4.18. The number of guanidine groups is 1. The lowest BCUT2D eigenvalue weighted by molar-refractivity contribution is 0.398. The van der Waals surface area contributed by atoms with Gasteiger partial charge >= 0.3 is 0 Å². The topological polar surface area (TPSA) is 54.9 Å². The number of hydrogen-bond acceptors (Lipinski definition) is 3. The molecular formula is C21H29N3O2. The van der Waals surface area contributed by atoms with E-state index >= 15 is 0 Å².